The summed E-state index contributed by atoms with van der Waals surface area (Å²) < 4.78 is 49.9. The van der Waals surface area contributed by atoms with Crippen molar-refractivity contribution in [2.24, 2.45) is 0 Å². The normalized spacial score (nSPS) is 18.2. The number of ether oxygens (including phenoxy) is 1. The maximum atomic E-state index is 12.9. The van der Waals surface area contributed by atoms with E-state index < -0.39 is 11.7 Å². The van der Waals surface area contributed by atoms with Gasteiger partial charge in [0.25, 0.3) is 0 Å². The maximum absolute atomic E-state index is 12.9. The summed E-state index contributed by atoms with van der Waals surface area (Å²) in [5, 5.41) is 2.91. The lowest BCUT2D eigenvalue weighted by Crippen LogP contribution is -2.25. The van der Waals surface area contributed by atoms with Crippen molar-refractivity contribution in [3.05, 3.63) is 46.7 Å². The van der Waals surface area contributed by atoms with E-state index >= 15 is 0 Å². The third-order valence-electron chi connectivity index (χ3n) is 3.91. The summed E-state index contributed by atoms with van der Waals surface area (Å²) in [5.74, 6) is 1.04. The summed E-state index contributed by atoms with van der Waals surface area (Å²) in [6.07, 6.45) is -2.15. The predicted octanol–water partition coefficient (Wildman–Crippen LogP) is 4.89. The van der Waals surface area contributed by atoms with Crippen LogP contribution in [0, 0.1) is 0 Å². The van der Waals surface area contributed by atoms with Crippen LogP contribution in [0.3, 0.4) is 0 Å². The molecule has 1 atom stereocenters. The van der Waals surface area contributed by atoms with Crippen LogP contribution >= 0.6 is 11.6 Å². The zero-order chi connectivity index (χ0) is 17.2. The van der Waals surface area contributed by atoms with Crippen molar-refractivity contribution >= 4 is 11.6 Å². The van der Waals surface area contributed by atoms with E-state index in [0.29, 0.717) is 23.6 Å². The number of furan rings is 1. The Bertz CT molecular complexity index is 693. The van der Waals surface area contributed by atoms with E-state index in [1.807, 2.05) is 0 Å². The lowest BCUT2D eigenvalue weighted by atomic mass is 10.1. The van der Waals surface area contributed by atoms with Crippen molar-refractivity contribution in [2.75, 3.05) is 13.2 Å². The summed E-state index contributed by atoms with van der Waals surface area (Å²) in [6, 6.07) is 7.16. The lowest BCUT2D eigenvalue weighted by Gasteiger charge is -2.10. The van der Waals surface area contributed by atoms with Gasteiger partial charge in [-0.2, -0.15) is 13.2 Å². The van der Waals surface area contributed by atoms with Crippen LogP contribution in [0.2, 0.25) is 5.02 Å². The van der Waals surface area contributed by atoms with E-state index in [4.69, 9.17) is 20.8 Å². The Labute approximate surface area is 142 Å². The molecule has 1 N–H and O–H groups in total. The van der Waals surface area contributed by atoms with Gasteiger partial charge in [-0.1, -0.05) is 11.6 Å². The fraction of sp³-hybridized carbons (Fsp3) is 0.412. The van der Waals surface area contributed by atoms with Crippen LogP contribution in [0.1, 0.15) is 24.2 Å². The SMILES string of the molecule is FC(F)(F)c1cc(-c2ccc(CNCC3CCCO3)o2)ccc1Cl. The Morgan fingerprint density at radius 3 is 2.75 bits per heavy atom. The van der Waals surface area contributed by atoms with Crippen LogP contribution in [0.25, 0.3) is 11.3 Å². The maximum Gasteiger partial charge on any atom is 0.417 e. The third kappa shape index (κ3) is 4.12. The first kappa shape index (κ1) is 17.3. The zero-order valence-corrected chi connectivity index (χ0v) is 13.6. The first-order valence-electron chi connectivity index (χ1n) is 7.71. The smallest absolute Gasteiger partial charge is 0.417 e. The number of hydrogen-bond donors (Lipinski definition) is 1. The summed E-state index contributed by atoms with van der Waals surface area (Å²) in [5.41, 5.74) is -0.520. The van der Waals surface area contributed by atoms with E-state index in [0.717, 1.165) is 32.1 Å². The number of hydrogen-bond acceptors (Lipinski definition) is 3. The molecular weight excluding hydrogens is 343 g/mol. The van der Waals surface area contributed by atoms with Crippen molar-refractivity contribution in [3.8, 4) is 11.3 Å². The molecule has 0 saturated carbocycles. The number of benzene rings is 1. The molecule has 1 aliphatic heterocycles. The molecule has 0 spiro atoms. The summed E-state index contributed by atoms with van der Waals surface area (Å²) in [7, 11) is 0. The van der Waals surface area contributed by atoms with Crippen molar-refractivity contribution in [2.45, 2.75) is 31.7 Å². The minimum Gasteiger partial charge on any atom is -0.460 e. The minimum atomic E-state index is -4.49. The first-order valence-corrected chi connectivity index (χ1v) is 8.09. The molecule has 1 fully saturated rings. The highest BCUT2D eigenvalue weighted by atomic mass is 35.5. The van der Waals surface area contributed by atoms with Crippen LogP contribution in [0.4, 0.5) is 13.2 Å². The second-order valence-electron chi connectivity index (χ2n) is 5.72. The highest BCUT2D eigenvalue weighted by Gasteiger charge is 2.33. The molecular formula is C17H17ClF3NO2. The van der Waals surface area contributed by atoms with Crippen LogP contribution in [0.5, 0.6) is 0 Å². The summed E-state index contributed by atoms with van der Waals surface area (Å²) >= 11 is 5.63. The minimum absolute atomic E-state index is 0.227. The molecule has 2 aromatic rings. The molecule has 0 radical (unpaired) electrons. The molecule has 24 heavy (non-hydrogen) atoms. The molecule has 1 aromatic carbocycles. The van der Waals surface area contributed by atoms with Gasteiger partial charge in [-0.05, 0) is 43.2 Å². The Morgan fingerprint density at radius 2 is 2.04 bits per heavy atom. The molecule has 0 aliphatic carbocycles. The predicted molar refractivity (Wildman–Crippen MR) is 84.8 cm³/mol. The fourth-order valence-electron chi connectivity index (χ4n) is 2.69. The van der Waals surface area contributed by atoms with Crippen LogP contribution in [-0.2, 0) is 17.5 Å². The van der Waals surface area contributed by atoms with E-state index in [9.17, 15) is 13.2 Å². The number of alkyl halides is 3. The molecule has 0 amide bonds. The van der Waals surface area contributed by atoms with Gasteiger partial charge in [0.15, 0.2) is 0 Å². The summed E-state index contributed by atoms with van der Waals surface area (Å²) in [6.45, 7) is 2.03. The van der Waals surface area contributed by atoms with Gasteiger partial charge in [0, 0.05) is 18.7 Å². The molecule has 3 rings (SSSR count). The quantitative estimate of drug-likeness (QED) is 0.825. The van der Waals surface area contributed by atoms with E-state index in [1.165, 1.54) is 12.1 Å². The monoisotopic (exact) mass is 359 g/mol. The molecule has 1 aliphatic rings. The molecule has 1 unspecified atom stereocenters. The van der Waals surface area contributed by atoms with Gasteiger partial charge >= 0.3 is 6.18 Å². The van der Waals surface area contributed by atoms with Gasteiger partial charge in [-0.25, -0.2) is 0 Å². The Hall–Kier alpha value is -1.50. The Balaban J connectivity index is 1.66. The van der Waals surface area contributed by atoms with Crippen LogP contribution < -0.4 is 5.32 Å². The Morgan fingerprint density at radius 1 is 1.21 bits per heavy atom. The van der Waals surface area contributed by atoms with Gasteiger partial charge < -0.3 is 14.5 Å². The zero-order valence-electron chi connectivity index (χ0n) is 12.8. The topological polar surface area (TPSA) is 34.4 Å². The van der Waals surface area contributed by atoms with Gasteiger partial charge in [-0.15, -0.1) is 0 Å². The van der Waals surface area contributed by atoms with Crippen molar-refractivity contribution in [1.82, 2.24) is 5.32 Å². The summed E-state index contributed by atoms with van der Waals surface area (Å²) in [4.78, 5) is 0. The fourth-order valence-corrected chi connectivity index (χ4v) is 2.91. The van der Waals surface area contributed by atoms with Crippen LogP contribution in [-0.4, -0.2) is 19.3 Å². The Kier molecular flexibility index (Phi) is 5.18. The number of nitrogens with one attached hydrogen (secondary N) is 1. The lowest BCUT2D eigenvalue weighted by molar-refractivity contribution is -0.137. The van der Waals surface area contributed by atoms with E-state index in [2.05, 4.69) is 5.32 Å². The van der Waals surface area contributed by atoms with Crippen molar-refractivity contribution < 1.29 is 22.3 Å². The van der Waals surface area contributed by atoms with Gasteiger partial charge in [0.2, 0.25) is 0 Å². The van der Waals surface area contributed by atoms with Crippen LogP contribution in [0.15, 0.2) is 34.7 Å². The van der Waals surface area contributed by atoms with E-state index in [1.54, 1.807) is 12.1 Å². The third-order valence-corrected chi connectivity index (χ3v) is 4.24. The van der Waals surface area contributed by atoms with Crippen molar-refractivity contribution in [1.29, 1.82) is 0 Å². The second-order valence-corrected chi connectivity index (χ2v) is 6.13. The average molecular weight is 360 g/mol. The first-order chi connectivity index (χ1) is 11.4. The molecule has 3 nitrogen and oxygen atoms in total. The molecule has 7 heteroatoms. The van der Waals surface area contributed by atoms with Gasteiger partial charge in [0.1, 0.15) is 11.5 Å². The molecule has 2 heterocycles. The standard InChI is InChI=1S/C17H17ClF3NO2/c18-15-5-3-11(8-14(15)17(19,20)21)16-6-4-13(24-16)10-22-9-12-2-1-7-23-12/h3-6,8,12,22H,1-2,7,9-10H2. The molecule has 1 saturated heterocycles. The highest BCUT2D eigenvalue weighted by molar-refractivity contribution is 6.31. The molecule has 130 valence electrons. The molecule has 1 aromatic heterocycles. The van der Waals surface area contributed by atoms with Gasteiger partial charge in [-0.3, -0.25) is 0 Å². The highest BCUT2D eigenvalue weighted by Crippen LogP contribution is 2.37. The molecule has 0 bridgehead atoms. The number of rotatable bonds is 5. The van der Waals surface area contributed by atoms with Crippen molar-refractivity contribution in [3.63, 3.8) is 0 Å². The second kappa shape index (κ2) is 7.17. The van der Waals surface area contributed by atoms with Gasteiger partial charge in [0.05, 0.1) is 23.2 Å². The average Bonchev–Trinajstić information content (AvgIpc) is 3.18. The number of halogens is 4. The van der Waals surface area contributed by atoms with E-state index in [-0.39, 0.29) is 11.1 Å². The largest absolute Gasteiger partial charge is 0.460 e.